The van der Waals surface area contributed by atoms with Crippen LogP contribution in [0.15, 0.2) is 54.6 Å². The molecule has 1 N–H and O–H groups in total. The molecule has 6 heteroatoms. The molecule has 2 aromatic carbocycles. The van der Waals surface area contributed by atoms with Crippen molar-refractivity contribution < 1.29 is 14.3 Å². The van der Waals surface area contributed by atoms with E-state index in [0.717, 1.165) is 5.75 Å². The minimum atomic E-state index is -0.468. The van der Waals surface area contributed by atoms with Crippen LogP contribution in [0.5, 0.6) is 5.75 Å². The Hall–Kier alpha value is -2.47. The number of rotatable bonds is 4. The molecule has 0 bridgehead atoms. The Labute approximate surface area is 145 Å². The Morgan fingerprint density at radius 2 is 1.83 bits per heavy atom. The van der Waals surface area contributed by atoms with Crippen LogP contribution >= 0.6 is 11.8 Å². The zero-order chi connectivity index (χ0) is 16.9. The van der Waals surface area contributed by atoms with Gasteiger partial charge in [-0.2, -0.15) is 0 Å². The van der Waals surface area contributed by atoms with Crippen molar-refractivity contribution in [2.45, 2.75) is 6.04 Å². The van der Waals surface area contributed by atoms with Crippen molar-refractivity contribution >= 4 is 29.3 Å². The number of carbonyl (C=O) groups is 2. The third-order valence-electron chi connectivity index (χ3n) is 3.82. The molecule has 0 radical (unpaired) electrons. The maximum absolute atomic E-state index is 12.6. The highest BCUT2D eigenvalue weighted by Gasteiger charge is 2.35. The van der Waals surface area contributed by atoms with Gasteiger partial charge in [0.1, 0.15) is 11.8 Å². The van der Waals surface area contributed by atoms with Gasteiger partial charge in [0.25, 0.3) is 5.91 Å². The van der Waals surface area contributed by atoms with Crippen LogP contribution in [-0.2, 0) is 4.79 Å². The van der Waals surface area contributed by atoms with E-state index in [1.807, 2.05) is 18.2 Å². The van der Waals surface area contributed by atoms with Gasteiger partial charge >= 0.3 is 0 Å². The van der Waals surface area contributed by atoms with Crippen LogP contribution < -0.4 is 10.1 Å². The van der Waals surface area contributed by atoms with Gasteiger partial charge in [-0.05, 0) is 36.4 Å². The lowest BCUT2D eigenvalue weighted by Gasteiger charge is -2.23. The smallest absolute Gasteiger partial charge is 0.255 e. The Bertz CT molecular complexity index is 719. The lowest BCUT2D eigenvalue weighted by atomic mass is 10.1. The summed E-state index contributed by atoms with van der Waals surface area (Å²) in [5.74, 6) is 1.56. The topological polar surface area (TPSA) is 58.6 Å². The van der Waals surface area contributed by atoms with Gasteiger partial charge in [-0.25, -0.2) is 0 Å². The first-order chi connectivity index (χ1) is 11.7. The van der Waals surface area contributed by atoms with Crippen LogP contribution in [0.25, 0.3) is 0 Å². The quantitative estimate of drug-likeness (QED) is 0.928. The highest BCUT2D eigenvalue weighted by Crippen LogP contribution is 2.24. The molecular weight excluding hydrogens is 324 g/mol. The first-order valence-corrected chi connectivity index (χ1v) is 8.73. The fraction of sp³-hybridized carbons (Fsp3) is 0.222. The molecule has 0 unspecified atom stereocenters. The second-order valence-electron chi connectivity index (χ2n) is 5.37. The van der Waals surface area contributed by atoms with Gasteiger partial charge in [0, 0.05) is 17.0 Å². The van der Waals surface area contributed by atoms with Gasteiger partial charge in [-0.1, -0.05) is 18.2 Å². The molecule has 0 aromatic heterocycles. The lowest BCUT2D eigenvalue weighted by molar-refractivity contribution is -0.119. The van der Waals surface area contributed by atoms with Crippen molar-refractivity contribution in [1.29, 1.82) is 0 Å². The zero-order valence-electron chi connectivity index (χ0n) is 13.3. The molecule has 0 aliphatic carbocycles. The number of thioether (sulfide) groups is 1. The Morgan fingerprint density at radius 1 is 1.12 bits per heavy atom. The third-order valence-corrected chi connectivity index (χ3v) is 4.84. The van der Waals surface area contributed by atoms with E-state index in [1.54, 1.807) is 60.2 Å². The maximum atomic E-state index is 12.6. The summed E-state index contributed by atoms with van der Waals surface area (Å²) in [6.45, 7) is 0. The second kappa shape index (κ2) is 7.40. The van der Waals surface area contributed by atoms with Crippen LogP contribution in [0.2, 0.25) is 0 Å². The average Bonchev–Trinajstić information content (AvgIpc) is 3.12. The molecule has 0 saturated carbocycles. The summed E-state index contributed by atoms with van der Waals surface area (Å²) >= 11 is 1.58. The number of hydrogen-bond donors (Lipinski definition) is 1. The van der Waals surface area contributed by atoms with Gasteiger partial charge < -0.3 is 15.0 Å². The second-order valence-corrected chi connectivity index (χ2v) is 6.37. The van der Waals surface area contributed by atoms with Crippen molar-refractivity contribution in [2.75, 3.05) is 24.1 Å². The molecule has 1 aliphatic heterocycles. The Balaban J connectivity index is 1.70. The molecular formula is C18H18N2O3S. The molecule has 3 rings (SSSR count). The fourth-order valence-corrected chi connectivity index (χ4v) is 3.66. The van der Waals surface area contributed by atoms with E-state index in [4.69, 9.17) is 4.74 Å². The van der Waals surface area contributed by atoms with Gasteiger partial charge in [0.2, 0.25) is 5.91 Å². The summed E-state index contributed by atoms with van der Waals surface area (Å²) < 4.78 is 5.10. The molecule has 0 spiro atoms. The number of anilines is 1. The summed E-state index contributed by atoms with van der Waals surface area (Å²) in [7, 11) is 1.59. The van der Waals surface area contributed by atoms with Crippen molar-refractivity contribution in [3.8, 4) is 5.75 Å². The predicted molar refractivity (Wildman–Crippen MR) is 95.3 cm³/mol. The van der Waals surface area contributed by atoms with Crippen molar-refractivity contribution in [3.63, 3.8) is 0 Å². The summed E-state index contributed by atoms with van der Waals surface area (Å²) in [6.07, 6.45) is 0. The Morgan fingerprint density at radius 3 is 2.50 bits per heavy atom. The minimum absolute atomic E-state index is 0.115. The van der Waals surface area contributed by atoms with E-state index in [9.17, 15) is 9.59 Å². The monoisotopic (exact) mass is 342 g/mol. The number of ether oxygens (including phenoxy) is 1. The Kier molecular flexibility index (Phi) is 5.05. The molecule has 1 saturated heterocycles. The molecule has 2 amide bonds. The third kappa shape index (κ3) is 3.54. The van der Waals surface area contributed by atoms with Crippen LogP contribution in [0, 0.1) is 0 Å². The van der Waals surface area contributed by atoms with Gasteiger partial charge in [-0.3, -0.25) is 9.59 Å². The van der Waals surface area contributed by atoms with E-state index >= 15 is 0 Å². The highest BCUT2D eigenvalue weighted by molar-refractivity contribution is 7.99. The molecule has 1 fully saturated rings. The summed E-state index contributed by atoms with van der Waals surface area (Å²) in [4.78, 5) is 26.8. The molecule has 24 heavy (non-hydrogen) atoms. The normalized spacial score (nSPS) is 16.7. The molecule has 1 aliphatic rings. The van der Waals surface area contributed by atoms with E-state index < -0.39 is 6.04 Å². The van der Waals surface area contributed by atoms with Crippen LogP contribution in [0.4, 0.5) is 5.69 Å². The average molecular weight is 342 g/mol. The molecule has 1 heterocycles. The molecule has 2 aromatic rings. The standard InChI is InChI=1S/C18H18N2O3S/c1-23-15-9-7-14(8-10-15)19-17(21)16-11-24-12-20(16)18(22)13-5-3-2-4-6-13/h2-10,16H,11-12H2,1H3,(H,19,21)/t16-/m0/s1. The van der Waals surface area contributed by atoms with E-state index in [2.05, 4.69) is 5.32 Å². The highest BCUT2D eigenvalue weighted by atomic mass is 32.2. The number of methoxy groups -OCH3 is 1. The van der Waals surface area contributed by atoms with Crippen LogP contribution in [-0.4, -0.2) is 41.5 Å². The number of hydrogen-bond acceptors (Lipinski definition) is 4. The first-order valence-electron chi connectivity index (χ1n) is 7.57. The number of carbonyl (C=O) groups excluding carboxylic acids is 2. The maximum Gasteiger partial charge on any atom is 0.255 e. The summed E-state index contributed by atoms with van der Waals surface area (Å²) in [6, 6.07) is 15.7. The lowest BCUT2D eigenvalue weighted by Crippen LogP contribution is -2.44. The zero-order valence-corrected chi connectivity index (χ0v) is 14.1. The predicted octanol–water partition coefficient (Wildman–Crippen LogP) is 2.85. The molecule has 1 atom stereocenters. The number of amides is 2. The van der Waals surface area contributed by atoms with Crippen molar-refractivity contribution in [2.24, 2.45) is 0 Å². The van der Waals surface area contributed by atoms with Crippen molar-refractivity contribution in [3.05, 3.63) is 60.2 Å². The number of nitrogens with zero attached hydrogens (tertiary/aromatic N) is 1. The first kappa shape index (κ1) is 16.4. The minimum Gasteiger partial charge on any atom is -0.497 e. The molecule has 124 valence electrons. The SMILES string of the molecule is COc1ccc(NC(=O)[C@@H]2CSCN2C(=O)c2ccccc2)cc1. The van der Waals surface area contributed by atoms with E-state index in [0.29, 0.717) is 22.9 Å². The number of benzene rings is 2. The van der Waals surface area contributed by atoms with Crippen LogP contribution in [0.1, 0.15) is 10.4 Å². The van der Waals surface area contributed by atoms with Crippen LogP contribution in [0.3, 0.4) is 0 Å². The van der Waals surface area contributed by atoms with Gasteiger partial charge in [0.15, 0.2) is 0 Å². The molecule has 5 nitrogen and oxygen atoms in total. The van der Waals surface area contributed by atoms with Gasteiger partial charge in [0.05, 0.1) is 13.0 Å². The summed E-state index contributed by atoms with van der Waals surface area (Å²) in [5.41, 5.74) is 1.28. The largest absolute Gasteiger partial charge is 0.497 e. The van der Waals surface area contributed by atoms with E-state index in [1.165, 1.54) is 0 Å². The van der Waals surface area contributed by atoms with E-state index in [-0.39, 0.29) is 11.8 Å². The fourth-order valence-electron chi connectivity index (χ4n) is 2.51. The van der Waals surface area contributed by atoms with Gasteiger partial charge in [-0.15, -0.1) is 11.8 Å². The number of nitrogens with one attached hydrogen (secondary N) is 1. The summed E-state index contributed by atoms with van der Waals surface area (Å²) in [5, 5.41) is 2.87. The van der Waals surface area contributed by atoms with Crippen molar-refractivity contribution in [1.82, 2.24) is 4.90 Å².